The van der Waals surface area contributed by atoms with E-state index in [4.69, 9.17) is 0 Å². The molecule has 0 fully saturated rings. The number of hydrogen-bond donors (Lipinski definition) is 2. The minimum Gasteiger partial charge on any atom is -0.325 e. The smallest absolute Gasteiger partial charge is 0.224 e. The maximum atomic E-state index is 11.4. The normalized spacial score (nSPS) is 10.3. The summed E-state index contributed by atoms with van der Waals surface area (Å²) >= 11 is 4.25. The van der Waals surface area contributed by atoms with Crippen LogP contribution in [0.5, 0.6) is 0 Å². The number of carbonyl (C=O) groups excluding carboxylic acids is 1. The van der Waals surface area contributed by atoms with Gasteiger partial charge in [0.05, 0.1) is 5.69 Å². The van der Waals surface area contributed by atoms with Crippen LogP contribution in [0.1, 0.15) is 20.3 Å². The number of hydrogen-bond acceptors (Lipinski definition) is 2. The highest BCUT2D eigenvalue weighted by Gasteiger charge is 2.06. The molecule has 0 heterocycles. The Morgan fingerprint density at radius 2 is 2.07 bits per heavy atom. The molecule has 0 aliphatic rings. The number of thiol groups is 1. The zero-order valence-electron chi connectivity index (χ0n) is 8.45. The van der Waals surface area contributed by atoms with Gasteiger partial charge in [-0.05, 0) is 18.1 Å². The lowest BCUT2D eigenvalue weighted by atomic mass is 10.1. The van der Waals surface area contributed by atoms with Gasteiger partial charge in [0, 0.05) is 11.3 Å². The van der Waals surface area contributed by atoms with Gasteiger partial charge in [-0.2, -0.15) is 0 Å². The molecule has 3 heteroatoms. The number of rotatable bonds is 3. The molecule has 0 radical (unpaired) electrons. The predicted molar refractivity (Wildman–Crippen MR) is 61.8 cm³/mol. The second kappa shape index (κ2) is 5.05. The number of anilines is 1. The molecule has 1 rings (SSSR count). The first-order chi connectivity index (χ1) is 6.59. The van der Waals surface area contributed by atoms with Crippen molar-refractivity contribution in [2.24, 2.45) is 5.92 Å². The third-order valence-corrected chi connectivity index (χ3v) is 2.16. The third-order valence-electron chi connectivity index (χ3n) is 1.77. The summed E-state index contributed by atoms with van der Waals surface area (Å²) in [5, 5.41) is 2.83. The van der Waals surface area contributed by atoms with Crippen molar-refractivity contribution in [2.75, 3.05) is 5.32 Å². The Kier molecular flexibility index (Phi) is 4.01. The van der Waals surface area contributed by atoms with Gasteiger partial charge in [-0.15, -0.1) is 12.6 Å². The minimum atomic E-state index is 0.0431. The average Bonchev–Trinajstić information content (AvgIpc) is 2.07. The number of amides is 1. The summed E-state index contributed by atoms with van der Waals surface area (Å²) in [7, 11) is 0. The number of nitrogens with one attached hydrogen (secondary N) is 1. The molecule has 1 aromatic carbocycles. The van der Waals surface area contributed by atoms with E-state index in [1.807, 2.05) is 38.1 Å². The maximum Gasteiger partial charge on any atom is 0.224 e. The fourth-order valence-electron chi connectivity index (χ4n) is 1.15. The van der Waals surface area contributed by atoms with Gasteiger partial charge in [0.15, 0.2) is 0 Å². The lowest BCUT2D eigenvalue weighted by molar-refractivity contribution is -0.116. The Labute approximate surface area is 90.1 Å². The third kappa shape index (κ3) is 3.42. The quantitative estimate of drug-likeness (QED) is 0.736. The van der Waals surface area contributed by atoms with Crippen molar-refractivity contribution in [2.45, 2.75) is 25.2 Å². The summed E-state index contributed by atoms with van der Waals surface area (Å²) in [4.78, 5) is 12.2. The number of para-hydroxylation sites is 1. The topological polar surface area (TPSA) is 29.1 Å². The molecule has 1 amide bonds. The van der Waals surface area contributed by atoms with Crippen LogP contribution >= 0.6 is 12.6 Å². The van der Waals surface area contributed by atoms with Gasteiger partial charge in [0.2, 0.25) is 5.91 Å². The second-order valence-corrected chi connectivity index (χ2v) is 4.15. The summed E-state index contributed by atoms with van der Waals surface area (Å²) in [6.45, 7) is 4.04. The highest BCUT2D eigenvalue weighted by molar-refractivity contribution is 7.80. The molecule has 0 bridgehead atoms. The van der Waals surface area contributed by atoms with E-state index in [1.165, 1.54) is 0 Å². The van der Waals surface area contributed by atoms with Crippen molar-refractivity contribution in [3.8, 4) is 0 Å². The van der Waals surface area contributed by atoms with Gasteiger partial charge < -0.3 is 5.32 Å². The van der Waals surface area contributed by atoms with E-state index in [0.29, 0.717) is 12.3 Å². The van der Waals surface area contributed by atoms with Gasteiger partial charge in [-0.1, -0.05) is 26.0 Å². The van der Waals surface area contributed by atoms with Gasteiger partial charge in [-0.3, -0.25) is 4.79 Å². The Bertz CT molecular complexity index is 323. The zero-order chi connectivity index (χ0) is 10.6. The van der Waals surface area contributed by atoms with Crippen LogP contribution in [0.2, 0.25) is 0 Å². The first-order valence-electron chi connectivity index (χ1n) is 4.67. The Morgan fingerprint density at radius 1 is 1.43 bits per heavy atom. The highest BCUT2D eigenvalue weighted by atomic mass is 32.1. The van der Waals surface area contributed by atoms with Crippen LogP contribution in [0, 0.1) is 5.92 Å². The predicted octanol–water partition coefficient (Wildman–Crippen LogP) is 2.96. The van der Waals surface area contributed by atoms with Crippen LogP contribution in [0.15, 0.2) is 29.2 Å². The van der Waals surface area contributed by atoms with Crippen LogP contribution in [0.4, 0.5) is 5.69 Å². The summed E-state index contributed by atoms with van der Waals surface area (Å²) < 4.78 is 0. The Balaban J connectivity index is 2.61. The summed E-state index contributed by atoms with van der Waals surface area (Å²) in [6.07, 6.45) is 0.544. The molecule has 0 saturated carbocycles. The van der Waals surface area contributed by atoms with Crippen molar-refractivity contribution in [1.82, 2.24) is 0 Å². The van der Waals surface area contributed by atoms with Crippen LogP contribution in [0.3, 0.4) is 0 Å². The van der Waals surface area contributed by atoms with E-state index in [-0.39, 0.29) is 5.91 Å². The van der Waals surface area contributed by atoms with Gasteiger partial charge in [0.25, 0.3) is 0 Å². The number of carbonyl (C=O) groups is 1. The second-order valence-electron chi connectivity index (χ2n) is 3.66. The van der Waals surface area contributed by atoms with Crippen LogP contribution in [-0.2, 0) is 4.79 Å². The fraction of sp³-hybridized carbons (Fsp3) is 0.364. The van der Waals surface area contributed by atoms with E-state index in [2.05, 4.69) is 17.9 Å². The molecule has 0 aliphatic heterocycles. The van der Waals surface area contributed by atoms with Gasteiger partial charge in [0.1, 0.15) is 0 Å². The van der Waals surface area contributed by atoms with Crippen molar-refractivity contribution in [3.05, 3.63) is 24.3 Å². The van der Waals surface area contributed by atoms with E-state index < -0.39 is 0 Å². The molecule has 76 valence electrons. The van der Waals surface area contributed by atoms with E-state index >= 15 is 0 Å². The summed E-state index contributed by atoms with van der Waals surface area (Å²) in [5.41, 5.74) is 0.779. The molecular formula is C11H15NOS. The van der Waals surface area contributed by atoms with E-state index in [0.717, 1.165) is 10.6 Å². The van der Waals surface area contributed by atoms with Crippen LogP contribution in [0.25, 0.3) is 0 Å². The average molecular weight is 209 g/mol. The van der Waals surface area contributed by atoms with Crippen molar-refractivity contribution in [3.63, 3.8) is 0 Å². The Hall–Kier alpha value is -0.960. The molecule has 1 aromatic rings. The monoisotopic (exact) mass is 209 g/mol. The maximum absolute atomic E-state index is 11.4. The minimum absolute atomic E-state index is 0.0431. The fourth-order valence-corrected chi connectivity index (χ4v) is 1.37. The van der Waals surface area contributed by atoms with Crippen molar-refractivity contribution in [1.29, 1.82) is 0 Å². The van der Waals surface area contributed by atoms with Gasteiger partial charge in [-0.25, -0.2) is 0 Å². The first-order valence-corrected chi connectivity index (χ1v) is 5.12. The first kappa shape index (κ1) is 11.1. The zero-order valence-corrected chi connectivity index (χ0v) is 9.34. The van der Waals surface area contributed by atoms with E-state index in [1.54, 1.807) is 0 Å². The van der Waals surface area contributed by atoms with Crippen molar-refractivity contribution < 1.29 is 4.79 Å². The SMILES string of the molecule is CC(C)CC(=O)Nc1ccccc1S. The van der Waals surface area contributed by atoms with E-state index in [9.17, 15) is 4.79 Å². The number of benzene rings is 1. The molecule has 2 nitrogen and oxygen atoms in total. The van der Waals surface area contributed by atoms with Crippen molar-refractivity contribution >= 4 is 24.2 Å². The summed E-state index contributed by atoms with van der Waals surface area (Å²) in [5.74, 6) is 0.420. The standard InChI is InChI=1S/C11H15NOS/c1-8(2)7-11(13)12-9-5-3-4-6-10(9)14/h3-6,8,14H,7H2,1-2H3,(H,12,13). The molecule has 0 aliphatic carbocycles. The molecule has 0 unspecified atom stereocenters. The molecule has 0 saturated heterocycles. The molecular weight excluding hydrogens is 194 g/mol. The molecule has 0 spiro atoms. The molecule has 0 aromatic heterocycles. The highest BCUT2D eigenvalue weighted by Crippen LogP contribution is 2.18. The molecule has 14 heavy (non-hydrogen) atoms. The van der Waals surface area contributed by atoms with Gasteiger partial charge >= 0.3 is 0 Å². The molecule has 0 atom stereocenters. The lowest BCUT2D eigenvalue weighted by Gasteiger charge is -2.08. The molecule has 1 N–H and O–H groups in total. The lowest BCUT2D eigenvalue weighted by Crippen LogP contribution is -2.14. The summed E-state index contributed by atoms with van der Waals surface area (Å²) in [6, 6.07) is 7.47. The Morgan fingerprint density at radius 3 is 2.64 bits per heavy atom. The van der Waals surface area contributed by atoms with Crippen LogP contribution in [-0.4, -0.2) is 5.91 Å². The largest absolute Gasteiger partial charge is 0.325 e. The van der Waals surface area contributed by atoms with Crippen LogP contribution < -0.4 is 5.32 Å².